The van der Waals surface area contributed by atoms with E-state index in [1.54, 1.807) is 0 Å². The number of hydrogen-bond acceptors (Lipinski definition) is 3. The highest BCUT2D eigenvalue weighted by atomic mass is 16.5. The predicted molar refractivity (Wildman–Crippen MR) is 61.1 cm³/mol. The Bertz CT molecular complexity index is 336. The van der Waals surface area contributed by atoms with Gasteiger partial charge in [-0.05, 0) is 31.5 Å². The van der Waals surface area contributed by atoms with E-state index in [1.807, 2.05) is 36.9 Å². The minimum absolute atomic E-state index is 0.210. The van der Waals surface area contributed by atoms with Gasteiger partial charge in [-0.25, -0.2) is 0 Å². The van der Waals surface area contributed by atoms with E-state index >= 15 is 0 Å². The molecule has 0 spiro atoms. The number of likely N-dealkylation sites (N-methyl/N-ethyl adjacent to an activating group) is 1. The van der Waals surface area contributed by atoms with Gasteiger partial charge in [0.1, 0.15) is 6.54 Å². The van der Waals surface area contributed by atoms with Gasteiger partial charge in [0.25, 0.3) is 0 Å². The Hall–Kier alpha value is -1.51. The minimum Gasteiger partial charge on any atom is -0.468 e. The first-order valence-corrected chi connectivity index (χ1v) is 5.05. The summed E-state index contributed by atoms with van der Waals surface area (Å²) in [6.45, 7) is 5.15. The molecule has 1 aromatic carbocycles. The maximum absolute atomic E-state index is 11.2. The van der Waals surface area contributed by atoms with Gasteiger partial charge >= 0.3 is 5.97 Å². The van der Waals surface area contributed by atoms with Crippen LogP contribution in [0.3, 0.4) is 0 Å². The minimum atomic E-state index is -0.210. The number of rotatable bonds is 4. The first-order valence-electron chi connectivity index (χ1n) is 5.05. The molecule has 15 heavy (non-hydrogen) atoms. The van der Waals surface area contributed by atoms with Gasteiger partial charge in [-0.1, -0.05) is 12.1 Å². The molecule has 3 nitrogen and oxygen atoms in total. The summed E-state index contributed by atoms with van der Waals surface area (Å²) in [5, 5.41) is 0. The molecule has 0 saturated heterocycles. The summed E-state index contributed by atoms with van der Waals surface area (Å²) in [6.07, 6.45) is 0. The first kappa shape index (κ1) is 11.6. The second-order valence-electron chi connectivity index (χ2n) is 3.43. The molecule has 0 amide bonds. The van der Waals surface area contributed by atoms with Crippen LogP contribution in [0.4, 0.5) is 5.69 Å². The van der Waals surface area contributed by atoms with Gasteiger partial charge in [-0.15, -0.1) is 0 Å². The summed E-state index contributed by atoms with van der Waals surface area (Å²) in [5.74, 6) is -0.210. The molecular formula is C12H17NO2. The highest BCUT2D eigenvalue weighted by Crippen LogP contribution is 2.15. The van der Waals surface area contributed by atoms with Crippen LogP contribution in [0.25, 0.3) is 0 Å². The van der Waals surface area contributed by atoms with Crippen LogP contribution in [-0.2, 0) is 9.53 Å². The van der Waals surface area contributed by atoms with Crippen LogP contribution >= 0.6 is 0 Å². The van der Waals surface area contributed by atoms with E-state index in [0.717, 1.165) is 12.2 Å². The van der Waals surface area contributed by atoms with Gasteiger partial charge < -0.3 is 9.64 Å². The summed E-state index contributed by atoms with van der Waals surface area (Å²) in [6, 6.07) is 8.09. The quantitative estimate of drug-likeness (QED) is 0.707. The number of esters is 1. The topological polar surface area (TPSA) is 29.5 Å². The van der Waals surface area contributed by atoms with Crippen molar-refractivity contribution in [3.63, 3.8) is 0 Å². The van der Waals surface area contributed by atoms with Gasteiger partial charge in [0, 0.05) is 12.2 Å². The van der Waals surface area contributed by atoms with Crippen LogP contribution in [0.1, 0.15) is 12.5 Å². The second-order valence-corrected chi connectivity index (χ2v) is 3.43. The molecule has 0 N–H and O–H groups in total. The number of hydrogen-bond donors (Lipinski definition) is 0. The fourth-order valence-corrected chi connectivity index (χ4v) is 1.43. The lowest BCUT2D eigenvalue weighted by atomic mass is 10.2. The lowest BCUT2D eigenvalue weighted by Crippen LogP contribution is -2.30. The standard InChI is InChI=1S/C12H17NO2/c1-4-13(9-12(14)15-3)11-7-5-6-10(2)8-11/h5-8H,4,9H2,1-3H3. The molecule has 0 aliphatic heterocycles. The van der Waals surface area contributed by atoms with Crippen LogP contribution in [0, 0.1) is 6.92 Å². The Morgan fingerprint density at radius 2 is 2.20 bits per heavy atom. The average molecular weight is 207 g/mol. The average Bonchev–Trinajstić information content (AvgIpc) is 2.25. The smallest absolute Gasteiger partial charge is 0.325 e. The maximum atomic E-state index is 11.2. The van der Waals surface area contributed by atoms with Crippen molar-refractivity contribution in [3.8, 4) is 0 Å². The van der Waals surface area contributed by atoms with E-state index in [0.29, 0.717) is 6.54 Å². The Kier molecular flexibility index (Phi) is 4.16. The van der Waals surface area contributed by atoms with Crippen LogP contribution in [-0.4, -0.2) is 26.2 Å². The summed E-state index contributed by atoms with van der Waals surface area (Å²) >= 11 is 0. The molecule has 1 aromatic rings. The van der Waals surface area contributed by atoms with Crippen LogP contribution in [0.2, 0.25) is 0 Å². The predicted octanol–water partition coefficient (Wildman–Crippen LogP) is 1.99. The van der Waals surface area contributed by atoms with Gasteiger partial charge in [-0.2, -0.15) is 0 Å². The number of benzene rings is 1. The van der Waals surface area contributed by atoms with Crippen molar-refractivity contribution in [1.82, 2.24) is 0 Å². The highest BCUT2D eigenvalue weighted by molar-refractivity contribution is 5.75. The highest BCUT2D eigenvalue weighted by Gasteiger charge is 2.09. The first-order chi connectivity index (χ1) is 7.17. The molecule has 0 fully saturated rings. The Morgan fingerprint density at radius 1 is 1.47 bits per heavy atom. The SMILES string of the molecule is CCN(CC(=O)OC)c1cccc(C)c1. The third-order valence-electron chi connectivity index (χ3n) is 2.30. The Balaban J connectivity index is 2.78. The molecule has 1 rings (SSSR count). The molecule has 0 aliphatic rings. The lowest BCUT2D eigenvalue weighted by molar-refractivity contribution is -0.138. The van der Waals surface area contributed by atoms with Gasteiger partial charge in [0.05, 0.1) is 7.11 Å². The van der Waals surface area contributed by atoms with E-state index in [-0.39, 0.29) is 5.97 Å². The fourth-order valence-electron chi connectivity index (χ4n) is 1.43. The molecule has 82 valence electrons. The number of methoxy groups -OCH3 is 1. The van der Waals surface area contributed by atoms with Crippen molar-refractivity contribution in [2.75, 3.05) is 25.1 Å². The number of carbonyl (C=O) groups excluding carboxylic acids is 1. The molecule has 0 unspecified atom stereocenters. The third kappa shape index (κ3) is 3.27. The zero-order chi connectivity index (χ0) is 11.3. The van der Waals surface area contributed by atoms with Crippen molar-refractivity contribution in [2.45, 2.75) is 13.8 Å². The van der Waals surface area contributed by atoms with Gasteiger partial charge in [-0.3, -0.25) is 4.79 Å². The third-order valence-corrected chi connectivity index (χ3v) is 2.30. The second kappa shape index (κ2) is 5.39. The Morgan fingerprint density at radius 3 is 2.73 bits per heavy atom. The van der Waals surface area contributed by atoms with Crippen LogP contribution in [0.15, 0.2) is 24.3 Å². The van der Waals surface area contributed by atoms with Crippen molar-refractivity contribution >= 4 is 11.7 Å². The number of nitrogens with zero attached hydrogens (tertiary/aromatic N) is 1. The summed E-state index contributed by atoms with van der Waals surface area (Å²) < 4.78 is 4.65. The molecule has 0 heterocycles. The van der Waals surface area contributed by atoms with E-state index < -0.39 is 0 Å². The van der Waals surface area contributed by atoms with Crippen LogP contribution < -0.4 is 4.90 Å². The monoisotopic (exact) mass is 207 g/mol. The van der Waals surface area contributed by atoms with E-state index in [2.05, 4.69) is 10.8 Å². The molecule has 0 aliphatic carbocycles. The molecule has 0 saturated carbocycles. The number of aryl methyl sites for hydroxylation is 1. The summed E-state index contributed by atoms with van der Waals surface area (Å²) in [7, 11) is 1.41. The largest absolute Gasteiger partial charge is 0.468 e. The van der Waals surface area contributed by atoms with Gasteiger partial charge in [0.15, 0.2) is 0 Å². The Labute approximate surface area is 90.7 Å². The number of carbonyl (C=O) groups is 1. The van der Waals surface area contributed by atoms with E-state index in [9.17, 15) is 4.79 Å². The fraction of sp³-hybridized carbons (Fsp3) is 0.417. The number of ether oxygens (including phenoxy) is 1. The van der Waals surface area contributed by atoms with Crippen molar-refractivity contribution in [1.29, 1.82) is 0 Å². The van der Waals surface area contributed by atoms with E-state index in [4.69, 9.17) is 0 Å². The normalized spacial score (nSPS) is 9.80. The van der Waals surface area contributed by atoms with Crippen molar-refractivity contribution in [3.05, 3.63) is 29.8 Å². The van der Waals surface area contributed by atoms with Gasteiger partial charge in [0.2, 0.25) is 0 Å². The molecule has 0 bridgehead atoms. The zero-order valence-corrected chi connectivity index (χ0v) is 9.49. The zero-order valence-electron chi connectivity index (χ0n) is 9.49. The molecule has 0 radical (unpaired) electrons. The van der Waals surface area contributed by atoms with Crippen molar-refractivity contribution < 1.29 is 9.53 Å². The molecule has 0 aromatic heterocycles. The van der Waals surface area contributed by atoms with E-state index in [1.165, 1.54) is 12.7 Å². The van der Waals surface area contributed by atoms with Crippen LogP contribution in [0.5, 0.6) is 0 Å². The molecule has 3 heteroatoms. The summed E-state index contributed by atoms with van der Waals surface area (Å²) in [4.78, 5) is 13.2. The maximum Gasteiger partial charge on any atom is 0.325 e. The summed E-state index contributed by atoms with van der Waals surface area (Å²) in [5.41, 5.74) is 2.25. The van der Waals surface area contributed by atoms with Crippen molar-refractivity contribution in [2.24, 2.45) is 0 Å². The molecular weight excluding hydrogens is 190 g/mol. The number of anilines is 1. The molecule has 0 atom stereocenters. The lowest BCUT2D eigenvalue weighted by Gasteiger charge is -2.21.